The van der Waals surface area contributed by atoms with Gasteiger partial charge in [-0.2, -0.15) is 0 Å². The molecule has 2 aromatic heterocycles. The summed E-state index contributed by atoms with van der Waals surface area (Å²) in [5, 5.41) is 9.38. The van der Waals surface area contributed by atoms with Crippen LogP contribution in [0.3, 0.4) is 0 Å². The monoisotopic (exact) mass is 425 g/mol. The summed E-state index contributed by atoms with van der Waals surface area (Å²) in [4.78, 5) is 30.3. The van der Waals surface area contributed by atoms with Crippen molar-refractivity contribution in [3.63, 3.8) is 0 Å². The Morgan fingerprint density at radius 2 is 1.62 bits per heavy atom. The third kappa shape index (κ3) is 3.85. The first kappa shape index (κ1) is 19.9. The van der Waals surface area contributed by atoms with Gasteiger partial charge < -0.3 is 14.9 Å². The first-order valence-electron chi connectivity index (χ1n) is 10.6. The van der Waals surface area contributed by atoms with Gasteiger partial charge >= 0.3 is 5.97 Å². The van der Waals surface area contributed by atoms with E-state index in [0.717, 1.165) is 54.6 Å². The van der Waals surface area contributed by atoms with Crippen LogP contribution in [-0.4, -0.2) is 52.2 Å². The van der Waals surface area contributed by atoms with Gasteiger partial charge in [-0.1, -0.05) is 36.4 Å². The summed E-state index contributed by atoms with van der Waals surface area (Å²) in [6.45, 7) is 5.22. The Morgan fingerprint density at radius 3 is 2.31 bits per heavy atom. The van der Waals surface area contributed by atoms with Gasteiger partial charge in [-0.3, -0.25) is 0 Å². The molecule has 160 valence electrons. The van der Waals surface area contributed by atoms with E-state index in [-0.39, 0.29) is 5.56 Å². The van der Waals surface area contributed by atoms with Crippen LogP contribution < -0.4 is 9.80 Å². The fraction of sp³-hybridized carbons (Fsp3) is 0.200. The van der Waals surface area contributed by atoms with Crippen molar-refractivity contribution in [1.29, 1.82) is 0 Å². The van der Waals surface area contributed by atoms with E-state index in [2.05, 4.69) is 26.9 Å². The Labute approximate surface area is 186 Å². The minimum atomic E-state index is -0.971. The zero-order chi connectivity index (χ0) is 22.1. The van der Waals surface area contributed by atoms with Gasteiger partial charge in [-0.05, 0) is 36.8 Å². The number of nitrogens with zero attached hydrogens (tertiary/aromatic N) is 5. The second kappa shape index (κ2) is 8.26. The van der Waals surface area contributed by atoms with Gasteiger partial charge in [0.2, 0.25) is 0 Å². The molecule has 3 heterocycles. The van der Waals surface area contributed by atoms with Crippen LogP contribution in [0.15, 0.2) is 66.9 Å². The standard InChI is InChI=1S/C25H23N5O2/c1-17-7-10-22(26-16-17)29-11-13-30(14-12-29)24-23(18-5-3-2-4-6-18)27-20-9-8-19(25(31)32)15-21(20)28-24/h2-10,15-16H,11-14H2,1H3,(H,31,32). The Hall–Kier alpha value is -4.00. The van der Waals surface area contributed by atoms with Gasteiger partial charge in [-0.25, -0.2) is 19.7 Å². The van der Waals surface area contributed by atoms with Gasteiger partial charge in [0, 0.05) is 37.9 Å². The molecule has 2 aromatic carbocycles. The van der Waals surface area contributed by atoms with Crippen LogP contribution >= 0.6 is 0 Å². The maximum absolute atomic E-state index is 11.4. The number of fused-ring (bicyclic) bond motifs is 1. The maximum atomic E-state index is 11.4. The molecule has 4 aromatic rings. The number of hydrogen-bond donors (Lipinski definition) is 1. The Balaban J connectivity index is 1.51. The lowest BCUT2D eigenvalue weighted by molar-refractivity contribution is 0.0697. The molecule has 1 fully saturated rings. The van der Waals surface area contributed by atoms with Crippen molar-refractivity contribution in [1.82, 2.24) is 15.0 Å². The lowest BCUT2D eigenvalue weighted by atomic mass is 10.1. The van der Waals surface area contributed by atoms with E-state index in [4.69, 9.17) is 9.97 Å². The van der Waals surface area contributed by atoms with Crippen LogP contribution in [-0.2, 0) is 0 Å². The zero-order valence-corrected chi connectivity index (χ0v) is 17.8. The van der Waals surface area contributed by atoms with E-state index in [1.54, 1.807) is 18.2 Å². The number of carboxylic acid groups (broad SMARTS) is 1. The average Bonchev–Trinajstić information content (AvgIpc) is 2.84. The second-order valence-corrected chi connectivity index (χ2v) is 7.94. The molecule has 0 aliphatic carbocycles. The lowest BCUT2D eigenvalue weighted by Gasteiger charge is -2.36. The Kier molecular flexibility index (Phi) is 5.15. The normalized spacial score (nSPS) is 14.0. The molecule has 1 aliphatic rings. The molecular weight excluding hydrogens is 402 g/mol. The third-order valence-electron chi connectivity index (χ3n) is 5.74. The highest BCUT2D eigenvalue weighted by molar-refractivity contribution is 5.93. The maximum Gasteiger partial charge on any atom is 0.335 e. The van der Waals surface area contributed by atoms with Gasteiger partial charge in [0.15, 0.2) is 5.82 Å². The number of pyridine rings is 1. The molecule has 32 heavy (non-hydrogen) atoms. The summed E-state index contributed by atoms with van der Waals surface area (Å²) in [5.74, 6) is 0.790. The van der Waals surface area contributed by atoms with E-state index < -0.39 is 5.97 Å². The molecule has 0 bridgehead atoms. The van der Waals surface area contributed by atoms with Crippen molar-refractivity contribution in [2.24, 2.45) is 0 Å². The van der Waals surface area contributed by atoms with Crippen LogP contribution in [0, 0.1) is 6.92 Å². The summed E-state index contributed by atoms with van der Waals surface area (Å²) < 4.78 is 0. The van der Waals surface area contributed by atoms with Crippen molar-refractivity contribution < 1.29 is 9.90 Å². The Bertz CT molecular complexity index is 1270. The molecule has 5 rings (SSSR count). The van der Waals surface area contributed by atoms with Crippen LogP contribution in [0.5, 0.6) is 0 Å². The third-order valence-corrected chi connectivity index (χ3v) is 5.74. The smallest absolute Gasteiger partial charge is 0.335 e. The van der Waals surface area contributed by atoms with Crippen molar-refractivity contribution in [3.8, 4) is 11.3 Å². The number of aryl methyl sites for hydroxylation is 1. The number of carboxylic acids is 1. The fourth-order valence-electron chi connectivity index (χ4n) is 3.98. The number of rotatable bonds is 4. The fourth-order valence-corrected chi connectivity index (χ4v) is 3.98. The van der Waals surface area contributed by atoms with E-state index in [1.807, 2.05) is 43.5 Å². The number of piperazine rings is 1. The molecule has 0 unspecified atom stereocenters. The molecule has 0 radical (unpaired) electrons. The van der Waals surface area contributed by atoms with E-state index in [0.29, 0.717) is 11.0 Å². The summed E-state index contributed by atoms with van der Waals surface area (Å²) in [5.41, 5.74) is 4.42. The highest BCUT2D eigenvalue weighted by Crippen LogP contribution is 2.31. The molecule has 0 spiro atoms. The van der Waals surface area contributed by atoms with Gasteiger partial charge in [-0.15, -0.1) is 0 Å². The Morgan fingerprint density at radius 1 is 0.875 bits per heavy atom. The minimum absolute atomic E-state index is 0.209. The number of carbonyl (C=O) groups is 1. The number of anilines is 2. The molecule has 0 saturated carbocycles. The minimum Gasteiger partial charge on any atom is -0.478 e. The zero-order valence-electron chi connectivity index (χ0n) is 17.8. The summed E-state index contributed by atoms with van der Waals surface area (Å²) >= 11 is 0. The highest BCUT2D eigenvalue weighted by Gasteiger charge is 2.23. The van der Waals surface area contributed by atoms with Crippen molar-refractivity contribution in [3.05, 3.63) is 78.0 Å². The summed E-state index contributed by atoms with van der Waals surface area (Å²) in [6.07, 6.45) is 1.89. The van der Waals surface area contributed by atoms with E-state index in [1.165, 1.54) is 0 Å². The van der Waals surface area contributed by atoms with E-state index >= 15 is 0 Å². The molecule has 1 N–H and O–H groups in total. The largest absolute Gasteiger partial charge is 0.478 e. The van der Waals surface area contributed by atoms with Crippen molar-refractivity contribution in [2.45, 2.75) is 6.92 Å². The molecule has 0 atom stereocenters. The molecule has 7 nitrogen and oxygen atoms in total. The molecular formula is C25H23N5O2. The average molecular weight is 425 g/mol. The number of hydrogen-bond acceptors (Lipinski definition) is 6. The number of benzene rings is 2. The predicted octanol–water partition coefficient (Wildman–Crippen LogP) is 4.03. The molecule has 1 saturated heterocycles. The predicted molar refractivity (Wildman–Crippen MR) is 125 cm³/mol. The summed E-state index contributed by atoms with van der Waals surface area (Å²) in [7, 11) is 0. The lowest BCUT2D eigenvalue weighted by Crippen LogP contribution is -2.47. The second-order valence-electron chi connectivity index (χ2n) is 7.94. The van der Waals surface area contributed by atoms with Gasteiger partial charge in [0.25, 0.3) is 0 Å². The summed E-state index contributed by atoms with van der Waals surface area (Å²) in [6, 6.07) is 19.0. The quantitative estimate of drug-likeness (QED) is 0.529. The van der Waals surface area contributed by atoms with Crippen molar-refractivity contribution >= 4 is 28.6 Å². The van der Waals surface area contributed by atoms with Gasteiger partial charge in [0.1, 0.15) is 11.5 Å². The molecule has 0 amide bonds. The van der Waals surface area contributed by atoms with Gasteiger partial charge in [0.05, 0.1) is 16.6 Å². The van der Waals surface area contributed by atoms with Crippen molar-refractivity contribution in [2.75, 3.05) is 36.0 Å². The van der Waals surface area contributed by atoms with E-state index in [9.17, 15) is 9.90 Å². The number of aromatic nitrogens is 3. The first-order chi connectivity index (χ1) is 15.6. The van der Waals surface area contributed by atoms with Crippen LogP contribution in [0.25, 0.3) is 22.3 Å². The van der Waals surface area contributed by atoms with Crippen LogP contribution in [0.4, 0.5) is 11.6 Å². The molecule has 7 heteroatoms. The van der Waals surface area contributed by atoms with Crippen LogP contribution in [0.2, 0.25) is 0 Å². The molecule has 1 aliphatic heterocycles. The topological polar surface area (TPSA) is 82.5 Å². The highest BCUT2D eigenvalue weighted by atomic mass is 16.4. The number of aromatic carboxylic acids is 1. The SMILES string of the molecule is Cc1ccc(N2CCN(c3nc4cc(C(=O)O)ccc4nc3-c3ccccc3)CC2)nc1. The first-order valence-corrected chi connectivity index (χ1v) is 10.6. The van der Waals surface area contributed by atoms with Crippen LogP contribution in [0.1, 0.15) is 15.9 Å².